The van der Waals surface area contributed by atoms with Crippen molar-refractivity contribution in [2.75, 3.05) is 6.26 Å². The monoisotopic (exact) mass is 141 g/mol. The minimum absolute atomic E-state index is 0.255. The third-order valence-corrected chi connectivity index (χ3v) is 1.65. The van der Waals surface area contributed by atoms with E-state index in [1.54, 1.807) is 18.3 Å². The van der Waals surface area contributed by atoms with Crippen LogP contribution in [0.25, 0.3) is 0 Å². The highest BCUT2D eigenvalue weighted by atomic mass is 32.2. The van der Waals surface area contributed by atoms with Gasteiger partial charge in [-0.15, -0.1) is 11.8 Å². The summed E-state index contributed by atoms with van der Waals surface area (Å²) in [6.07, 6.45) is 3.54. The first-order chi connectivity index (χ1) is 4.34. The average molecular weight is 141 g/mol. The Hall–Kier alpha value is -0.700. The zero-order valence-electron chi connectivity index (χ0n) is 5.03. The van der Waals surface area contributed by atoms with Crippen LogP contribution in [-0.4, -0.2) is 16.3 Å². The summed E-state index contributed by atoms with van der Waals surface area (Å²) >= 11 is 1.43. The minimum Gasteiger partial charge on any atom is -0.505 e. The molecule has 0 atom stereocenters. The van der Waals surface area contributed by atoms with E-state index >= 15 is 0 Å². The molecule has 3 heteroatoms. The molecule has 1 aromatic rings. The minimum atomic E-state index is 0.255. The van der Waals surface area contributed by atoms with Crippen LogP contribution in [0.15, 0.2) is 23.4 Å². The van der Waals surface area contributed by atoms with Gasteiger partial charge in [0.2, 0.25) is 0 Å². The predicted octanol–water partition coefficient (Wildman–Crippen LogP) is 1.51. The SMILES string of the molecule is CSc1ncccc1O. The van der Waals surface area contributed by atoms with Gasteiger partial charge in [0.05, 0.1) is 0 Å². The van der Waals surface area contributed by atoms with Crippen LogP contribution in [0.4, 0.5) is 0 Å². The molecule has 1 rings (SSSR count). The van der Waals surface area contributed by atoms with Crippen LogP contribution in [0, 0.1) is 0 Å². The van der Waals surface area contributed by atoms with Crippen LogP contribution in [-0.2, 0) is 0 Å². The first-order valence-electron chi connectivity index (χ1n) is 2.52. The fourth-order valence-corrected chi connectivity index (χ4v) is 0.983. The van der Waals surface area contributed by atoms with Crippen molar-refractivity contribution in [1.82, 2.24) is 4.98 Å². The maximum Gasteiger partial charge on any atom is 0.147 e. The maximum absolute atomic E-state index is 9.03. The van der Waals surface area contributed by atoms with E-state index in [0.717, 1.165) is 0 Å². The molecule has 0 aliphatic heterocycles. The Balaban J connectivity index is 3.01. The molecule has 0 bridgehead atoms. The molecule has 0 fully saturated rings. The number of hydrogen-bond acceptors (Lipinski definition) is 3. The second-order valence-electron chi connectivity index (χ2n) is 1.53. The van der Waals surface area contributed by atoms with E-state index in [2.05, 4.69) is 4.98 Å². The Morgan fingerprint density at radius 2 is 2.44 bits per heavy atom. The number of aromatic nitrogens is 1. The van der Waals surface area contributed by atoms with Gasteiger partial charge in [0.1, 0.15) is 10.8 Å². The summed E-state index contributed by atoms with van der Waals surface area (Å²) < 4.78 is 0. The summed E-state index contributed by atoms with van der Waals surface area (Å²) in [4.78, 5) is 3.91. The van der Waals surface area contributed by atoms with Crippen molar-refractivity contribution in [3.63, 3.8) is 0 Å². The van der Waals surface area contributed by atoms with E-state index in [1.807, 2.05) is 6.26 Å². The van der Waals surface area contributed by atoms with Crippen LogP contribution >= 0.6 is 11.8 Å². The van der Waals surface area contributed by atoms with Crippen molar-refractivity contribution in [3.8, 4) is 5.75 Å². The van der Waals surface area contributed by atoms with Gasteiger partial charge in [-0.25, -0.2) is 4.98 Å². The molecule has 0 amide bonds. The van der Waals surface area contributed by atoms with Crippen molar-refractivity contribution < 1.29 is 5.11 Å². The normalized spacial score (nSPS) is 9.44. The molecule has 0 unspecified atom stereocenters. The number of hydrogen-bond donors (Lipinski definition) is 1. The molecule has 0 aliphatic carbocycles. The molecule has 1 heterocycles. The topological polar surface area (TPSA) is 33.1 Å². The van der Waals surface area contributed by atoms with Crippen molar-refractivity contribution in [3.05, 3.63) is 18.3 Å². The third kappa shape index (κ3) is 1.36. The summed E-state index contributed by atoms with van der Waals surface area (Å²) in [6.45, 7) is 0. The molecular weight excluding hydrogens is 134 g/mol. The zero-order chi connectivity index (χ0) is 6.69. The number of pyridine rings is 1. The largest absolute Gasteiger partial charge is 0.505 e. The molecule has 0 saturated heterocycles. The van der Waals surface area contributed by atoms with Crippen molar-refractivity contribution >= 4 is 11.8 Å². The lowest BCUT2D eigenvalue weighted by Crippen LogP contribution is -1.75. The average Bonchev–Trinajstić information content (AvgIpc) is 1.89. The third-order valence-electron chi connectivity index (χ3n) is 0.944. The van der Waals surface area contributed by atoms with Gasteiger partial charge in [-0.1, -0.05) is 0 Å². The molecule has 0 aliphatic rings. The van der Waals surface area contributed by atoms with Crippen molar-refractivity contribution in [1.29, 1.82) is 0 Å². The molecule has 0 spiro atoms. The number of rotatable bonds is 1. The van der Waals surface area contributed by atoms with Crippen LogP contribution < -0.4 is 0 Å². The van der Waals surface area contributed by atoms with Crippen molar-refractivity contribution in [2.45, 2.75) is 5.03 Å². The standard InChI is InChI=1S/C6H7NOS/c1-9-6-5(8)3-2-4-7-6/h2-4,8H,1H3. The Bertz CT molecular complexity index is 202. The molecular formula is C6H7NOS. The van der Waals surface area contributed by atoms with Crippen LogP contribution in [0.1, 0.15) is 0 Å². The van der Waals surface area contributed by atoms with Gasteiger partial charge in [-0.2, -0.15) is 0 Å². The molecule has 9 heavy (non-hydrogen) atoms. The first kappa shape index (κ1) is 6.42. The van der Waals surface area contributed by atoms with Gasteiger partial charge < -0.3 is 5.11 Å². The summed E-state index contributed by atoms with van der Waals surface area (Å²) in [7, 11) is 0. The van der Waals surface area contributed by atoms with Crippen LogP contribution in [0.3, 0.4) is 0 Å². The van der Waals surface area contributed by atoms with Gasteiger partial charge in [-0.3, -0.25) is 0 Å². The fraction of sp³-hybridized carbons (Fsp3) is 0.167. The quantitative estimate of drug-likeness (QED) is 0.602. The van der Waals surface area contributed by atoms with E-state index in [9.17, 15) is 0 Å². The summed E-state index contributed by atoms with van der Waals surface area (Å²) in [6, 6.07) is 3.33. The highest BCUT2D eigenvalue weighted by molar-refractivity contribution is 7.98. The van der Waals surface area contributed by atoms with Gasteiger partial charge in [0, 0.05) is 6.20 Å². The smallest absolute Gasteiger partial charge is 0.147 e. The summed E-state index contributed by atoms with van der Waals surface area (Å²) in [5.74, 6) is 0.255. The van der Waals surface area contributed by atoms with Gasteiger partial charge in [-0.05, 0) is 18.4 Å². The molecule has 1 N–H and O–H groups in total. The molecule has 0 saturated carbocycles. The molecule has 48 valence electrons. The molecule has 0 radical (unpaired) electrons. The predicted molar refractivity (Wildman–Crippen MR) is 37.7 cm³/mol. The van der Waals surface area contributed by atoms with E-state index in [4.69, 9.17) is 5.11 Å². The van der Waals surface area contributed by atoms with E-state index in [0.29, 0.717) is 5.03 Å². The number of thioether (sulfide) groups is 1. The number of nitrogens with zero attached hydrogens (tertiary/aromatic N) is 1. The Labute approximate surface area is 57.9 Å². The second-order valence-corrected chi connectivity index (χ2v) is 2.33. The Kier molecular flexibility index (Phi) is 1.95. The van der Waals surface area contributed by atoms with Gasteiger partial charge in [0.15, 0.2) is 0 Å². The Morgan fingerprint density at radius 3 is 2.89 bits per heavy atom. The van der Waals surface area contributed by atoms with E-state index in [1.165, 1.54) is 11.8 Å². The Morgan fingerprint density at radius 1 is 1.67 bits per heavy atom. The van der Waals surface area contributed by atoms with Crippen LogP contribution in [0.2, 0.25) is 0 Å². The van der Waals surface area contributed by atoms with Crippen LogP contribution in [0.5, 0.6) is 5.75 Å². The molecule has 1 aromatic heterocycles. The fourth-order valence-electron chi connectivity index (χ4n) is 0.540. The summed E-state index contributed by atoms with van der Waals surface area (Å²) in [5.41, 5.74) is 0. The maximum atomic E-state index is 9.03. The van der Waals surface area contributed by atoms with Gasteiger partial charge >= 0.3 is 0 Å². The lowest BCUT2D eigenvalue weighted by Gasteiger charge is -1.95. The molecule has 2 nitrogen and oxygen atoms in total. The van der Waals surface area contributed by atoms with Crippen molar-refractivity contribution in [2.24, 2.45) is 0 Å². The lowest BCUT2D eigenvalue weighted by molar-refractivity contribution is 0.457. The zero-order valence-corrected chi connectivity index (χ0v) is 5.85. The first-order valence-corrected chi connectivity index (χ1v) is 3.75. The highest BCUT2D eigenvalue weighted by Crippen LogP contribution is 2.21. The highest BCUT2D eigenvalue weighted by Gasteiger charge is 1.95. The number of aromatic hydroxyl groups is 1. The lowest BCUT2D eigenvalue weighted by atomic mass is 10.5. The van der Waals surface area contributed by atoms with Gasteiger partial charge in [0.25, 0.3) is 0 Å². The molecule has 0 aromatic carbocycles. The summed E-state index contributed by atoms with van der Waals surface area (Å²) in [5, 5.41) is 9.71. The van der Waals surface area contributed by atoms with E-state index < -0.39 is 0 Å². The van der Waals surface area contributed by atoms with E-state index in [-0.39, 0.29) is 5.75 Å². The second kappa shape index (κ2) is 2.73.